The summed E-state index contributed by atoms with van der Waals surface area (Å²) >= 11 is 0. The molecule has 2 aliphatic rings. The van der Waals surface area contributed by atoms with Gasteiger partial charge in [0.1, 0.15) is 5.82 Å². The molecule has 1 saturated heterocycles. The number of carbonyl (C=O) groups is 2. The van der Waals surface area contributed by atoms with Crippen LogP contribution >= 0.6 is 0 Å². The van der Waals surface area contributed by atoms with Crippen LogP contribution in [0, 0.1) is 17.7 Å². The Hall–Kier alpha value is -1.98. The van der Waals surface area contributed by atoms with E-state index in [1.807, 2.05) is 0 Å². The molecule has 2 unspecified atom stereocenters. The van der Waals surface area contributed by atoms with Gasteiger partial charge in [0.2, 0.25) is 11.8 Å². The zero-order valence-electron chi connectivity index (χ0n) is 12.8. The number of likely N-dealkylation sites (tertiary alicyclic amines) is 1. The van der Waals surface area contributed by atoms with Crippen molar-refractivity contribution in [3.8, 4) is 0 Å². The number of benzene rings is 1. The van der Waals surface area contributed by atoms with Crippen LogP contribution in [0.15, 0.2) is 24.3 Å². The van der Waals surface area contributed by atoms with E-state index < -0.39 is 11.5 Å². The molecule has 1 aliphatic heterocycles. The Bertz CT molecular complexity index is 629. The molecular weight excluding hydrogens is 302 g/mol. The molecule has 2 atom stereocenters. The number of alkyl halides is 1. The van der Waals surface area contributed by atoms with Crippen LogP contribution in [0.3, 0.4) is 0 Å². The number of rotatable bonds is 3. The lowest BCUT2D eigenvalue weighted by Crippen LogP contribution is -2.60. The van der Waals surface area contributed by atoms with Gasteiger partial charge in [-0.3, -0.25) is 9.59 Å². The van der Waals surface area contributed by atoms with Crippen LogP contribution in [-0.4, -0.2) is 29.8 Å². The van der Waals surface area contributed by atoms with Gasteiger partial charge in [-0.25, -0.2) is 8.78 Å². The molecule has 3 rings (SSSR count). The van der Waals surface area contributed by atoms with Crippen LogP contribution in [-0.2, 0) is 15.3 Å². The number of primary amides is 1. The average molecular weight is 322 g/mol. The molecule has 6 heteroatoms. The lowest BCUT2D eigenvalue weighted by molar-refractivity contribution is -0.153. The summed E-state index contributed by atoms with van der Waals surface area (Å²) in [6.45, 7) is -0.269. The molecule has 0 spiro atoms. The van der Waals surface area contributed by atoms with E-state index in [1.165, 1.54) is 23.1 Å². The minimum absolute atomic E-state index is 0.00251. The van der Waals surface area contributed by atoms with Gasteiger partial charge >= 0.3 is 0 Å². The third-order valence-electron chi connectivity index (χ3n) is 4.98. The quantitative estimate of drug-likeness (QED) is 0.926. The number of nitrogens with zero attached hydrogens (tertiary/aromatic N) is 1. The number of carbonyl (C=O) groups excluding carboxylic acids is 2. The summed E-state index contributed by atoms with van der Waals surface area (Å²) in [4.78, 5) is 25.2. The monoisotopic (exact) mass is 322 g/mol. The maximum atomic E-state index is 14.8. The number of hydrogen-bond acceptors (Lipinski definition) is 2. The maximum Gasteiger partial charge on any atom is 0.225 e. The van der Waals surface area contributed by atoms with Gasteiger partial charge in [-0.05, 0) is 25.3 Å². The van der Waals surface area contributed by atoms with Crippen molar-refractivity contribution in [2.24, 2.45) is 17.6 Å². The normalized spacial score (nSPS) is 26.4. The van der Waals surface area contributed by atoms with Gasteiger partial charge in [0.25, 0.3) is 0 Å². The van der Waals surface area contributed by atoms with E-state index in [1.54, 1.807) is 6.07 Å². The van der Waals surface area contributed by atoms with Crippen LogP contribution in [0.5, 0.6) is 0 Å². The number of halogens is 2. The number of hydrogen-bond donors (Lipinski definition) is 1. The molecular formula is C17H20F2N2O2. The van der Waals surface area contributed by atoms with Crippen LogP contribution in [0.1, 0.15) is 31.2 Å². The molecule has 23 heavy (non-hydrogen) atoms. The van der Waals surface area contributed by atoms with Gasteiger partial charge in [0.05, 0.1) is 13.1 Å². The van der Waals surface area contributed by atoms with Crippen molar-refractivity contribution in [3.05, 3.63) is 35.6 Å². The van der Waals surface area contributed by atoms with E-state index in [4.69, 9.17) is 5.73 Å². The van der Waals surface area contributed by atoms with Gasteiger partial charge in [0.15, 0.2) is 5.67 Å². The van der Waals surface area contributed by atoms with Crippen molar-refractivity contribution in [3.63, 3.8) is 0 Å². The Morgan fingerprint density at radius 2 is 1.83 bits per heavy atom. The molecule has 1 heterocycles. The summed E-state index contributed by atoms with van der Waals surface area (Å²) in [6, 6.07) is 5.74. The van der Waals surface area contributed by atoms with Crippen molar-refractivity contribution >= 4 is 11.8 Å². The highest BCUT2D eigenvalue weighted by molar-refractivity contribution is 5.82. The minimum atomic E-state index is -1.82. The standard InChI is InChI=1S/C17H20F2N2O2/c18-14-7-2-1-6-13(14)17(19)9-21(10-17)16(23)12-5-3-4-11(8-12)15(20)22/h1-2,6-7,11-12H,3-5,8-10H2,(H2,20,22). The molecule has 124 valence electrons. The Kier molecular flexibility index (Phi) is 4.08. The highest BCUT2D eigenvalue weighted by Gasteiger charge is 2.50. The Balaban J connectivity index is 1.64. The van der Waals surface area contributed by atoms with Gasteiger partial charge in [-0.15, -0.1) is 0 Å². The molecule has 4 nitrogen and oxygen atoms in total. The third kappa shape index (κ3) is 2.94. The molecule has 0 aromatic heterocycles. The van der Waals surface area contributed by atoms with Crippen molar-refractivity contribution in [1.82, 2.24) is 4.90 Å². The van der Waals surface area contributed by atoms with Gasteiger partial charge in [0, 0.05) is 17.4 Å². The SMILES string of the molecule is NC(=O)C1CCCC(C(=O)N2CC(F)(c3ccccc3F)C2)C1. The largest absolute Gasteiger partial charge is 0.369 e. The van der Waals surface area contributed by atoms with Crippen molar-refractivity contribution in [1.29, 1.82) is 0 Å². The predicted octanol–water partition coefficient (Wildman–Crippen LogP) is 2.12. The van der Waals surface area contributed by atoms with Crippen molar-refractivity contribution in [2.45, 2.75) is 31.4 Å². The first-order valence-corrected chi connectivity index (χ1v) is 7.93. The van der Waals surface area contributed by atoms with Crippen LogP contribution < -0.4 is 5.73 Å². The lowest BCUT2D eigenvalue weighted by Gasteiger charge is -2.46. The zero-order valence-corrected chi connectivity index (χ0v) is 12.8. The van der Waals surface area contributed by atoms with Gasteiger partial charge in [-0.1, -0.05) is 24.6 Å². The second-order valence-corrected chi connectivity index (χ2v) is 6.60. The second kappa shape index (κ2) is 5.91. The summed E-state index contributed by atoms with van der Waals surface area (Å²) in [5.41, 5.74) is 3.50. The first-order valence-electron chi connectivity index (χ1n) is 7.93. The molecule has 1 aromatic rings. The summed E-state index contributed by atoms with van der Waals surface area (Å²) < 4.78 is 28.5. The number of amides is 2. The summed E-state index contributed by atoms with van der Waals surface area (Å²) in [5, 5.41) is 0. The fraction of sp³-hybridized carbons (Fsp3) is 0.529. The first kappa shape index (κ1) is 15.9. The predicted molar refractivity (Wildman–Crippen MR) is 80.4 cm³/mol. The van der Waals surface area contributed by atoms with Gasteiger partial charge in [-0.2, -0.15) is 0 Å². The van der Waals surface area contributed by atoms with E-state index in [0.29, 0.717) is 19.3 Å². The second-order valence-electron chi connectivity index (χ2n) is 6.60. The maximum absolute atomic E-state index is 14.8. The molecule has 1 aromatic carbocycles. The van der Waals surface area contributed by atoms with Crippen LogP contribution in [0.2, 0.25) is 0 Å². The van der Waals surface area contributed by atoms with Crippen LogP contribution in [0.25, 0.3) is 0 Å². The molecule has 0 bridgehead atoms. The van der Waals surface area contributed by atoms with Gasteiger partial charge < -0.3 is 10.6 Å². The molecule has 2 N–H and O–H groups in total. The van der Waals surface area contributed by atoms with E-state index in [9.17, 15) is 18.4 Å². The Morgan fingerprint density at radius 3 is 2.48 bits per heavy atom. The van der Waals surface area contributed by atoms with E-state index >= 15 is 0 Å². The number of nitrogens with two attached hydrogens (primary N) is 1. The highest BCUT2D eigenvalue weighted by Crippen LogP contribution is 2.40. The highest BCUT2D eigenvalue weighted by atomic mass is 19.1. The lowest BCUT2D eigenvalue weighted by atomic mass is 9.79. The van der Waals surface area contributed by atoms with Crippen LogP contribution in [0.4, 0.5) is 8.78 Å². The Labute approximate surface area is 133 Å². The van der Waals surface area contributed by atoms with E-state index in [-0.39, 0.29) is 42.3 Å². The van der Waals surface area contributed by atoms with Crippen molar-refractivity contribution < 1.29 is 18.4 Å². The summed E-state index contributed by atoms with van der Waals surface area (Å²) in [5.74, 6) is -1.68. The first-order chi connectivity index (χ1) is 10.9. The fourth-order valence-electron chi connectivity index (χ4n) is 3.64. The molecule has 2 amide bonds. The Morgan fingerprint density at radius 1 is 1.17 bits per heavy atom. The van der Waals surface area contributed by atoms with E-state index in [0.717, 1.165) is 6.42 Å². The summed E-state index contributed by atoms with van der Waals surface area (Å²) in [7, 11) is 0. The van der Waals surface area contributed by atoms with Crippen molar-refractivity contribution in [2.75, 3.05) is 13.1 Å². The molecule has 0 radical (unpaired) electrons. The molecule has 1 saturated carbocycles. The third-order valence-corrected chi connectivity index (χ3v) is 4.98. The summed E-state index contributed by atoms with van der Waals surface area (Å²) in [6.07, 6.45) is 2.61. The minimum Gasteiger partial charge on any atom is -0.369 e. The average Bonchev–Trinajstić information content (AvgIpc) is 2.52. The fourth-order valence-corrected chi connectivity index (χ4v) is 3.64. The van der Waals surface area contributed by atoms with E-state index in [2.05, 4.69) is 0 Å². The zero-order chi connectivity index (χ0) is 16.6. The molecule has 2 fully saturated rings. The molecule has 1 aliphatic carbocycles. The smallest absolute Gasteiger partial charge is 0.225 e. The topological polar surface area (TPSA) is 63.4 Å².